The fraction of sp³-hybridized carbons (Fsp3) is 0.538. The highest BCUT2D eigenvalue weighted by molar-refractivity contribution is 5.85. The van der Waals surface area contributed by atoms with Crippen molar-refractivity contribution >= 4 is 12.4 Å². The zero-order valence-corrected chi connectivity index (χ0v) is 10.1. The molecule has 1 N–H and O–H groups in total. The highest BCUT2D eigenvalue weighted by Gasteiger charge is 2.28. The monoisotopic (exact) mass is 244 g/mol. The maximum Gasteiger partial charge on any atom is 0.123 e. The first kappa shape index (κ1) is 13.5. The van der Waals surface area contributed by atoms with Gasteiger partial charge in [-0.25, -0.2) is 4.39 Å². The standard InChI is InChI=1S/C13H17FO.ClH/c14-12-6-4-11(5-7-12)10-13(15)8-2-1-3-9-13;/h4-7,15H,1-3,8-10H2;1H. The lowest BCUT2D eigenvalue weighted by atomic mass is 9.80. The van der Waals surface area contributed by atoms with Gasteiger partial charge in [-0.3, -0.25) is 0 Å². The van der Waals surface area contributed by atoms with Crippen LogP contribution in [0.25, 0.3) is 0 Å². The maximum absolute atomic E-state index is 12.7. The van der Waals surface area contributed by atoms with Crippen molar-refractivity contribution in [1.29, 1.82) is 0 Å². The van der Waals surface area contributed by atoms with Gasteiger partial charge in [0.05, 0.1) is 5.60 Å². The lowest BCUT2D eigenvalue weighted by Gasteiger charge is -2.32. The molecule has 0 amide bonds. The highest BCUT2D eigenvalue weighted by Crippen LogP contribution is 2.31. The largest absolute Gasteiger partial charge is 0.390 e. The SMILES string of the molecule is Cl.OC1(Cc2ccc(F)cc2)CCCCC1. The molecular weight excluding hydrogens is 227 g/mol. The second kappa shape index (κ2) is 5.65. The molecule has 1 aliphatic rings. The number of benzene rings is 1. The Morgan fingerprint density at radius 3 is 2.19 bits per heavy atom. The summed E-state index contributed by atoms with van der Waals surface area (Å²) in [6, 6.07) is 6.45. The van der Waals surface area contributed by atoms with Gasteiger partial charge >= 0.3 is 0 Å². The molecule has 0 unspecified atom stereocenters. The van der Waals surface area contributed by atoms with Gasteiger partial charge in [-0.1, -0.05) is 31.4 Å². The average molecular weight is 245 g/mol. The number of aliphatic hydroxyl groups is 1. The van der Waals surface area contributed by atoms with Gasteiger partial charge in [0.2, 0.25) is 0 Å². The normalized spacial score (nSPS) is 18.9. The summed E-state index contributed by atoms with van der Waals surface area (Å²) in [6.07, 6.45) is 5.86. The Kier molecular flexibility index (Phi) is 4.75. The van der Waals surface area contributed by atoms with E-state index in [9.17, 15) is 9.50 Å². The molecule has 90 valence electrons. The Hall–Kier alpha value is -0.600. The smallest absolute Gasteiger partial charge is 0.123 e. The third-order valence-corrected chi connectivity index (χ3v) is 3.23. The van der Waals surface area contributed by atoms with Crippen LogP contribution in [-0.4, -0.2) is 10.7 Å². The highest BCUT2D eigenvalue weighted by atomic mass is 35.5. The van der Waals surface area contributed by atoms with E-state index in [1.807, 2.05) is 0 Å². The first-order valence-corrected chi connectivity index (χ1v) is 5.65. The summed E-state index contributed by atoms with van der Waals surface area (Å²) >= 11 is 0. The average Bonchev–Trinajstić information content (AvgIpc) is 2.22. The summed E-state index contributed by atoms with van der Waals surface area (Å²) in [6.45, 7) is 0. The van der Waals surface area contributed by atoms with Crippen molar-refractivity contribution in [3.8, 4) is 0 Å². The van der Waals surface area contributed by atoms with E-state index in [1.165, 1.54) is 18.6 Å². The van der Waals surface area contributed by atoms with Crippen LogP contribution in [0.2, 0.25) is 0 Å². The van der Waals surface area contributed by atoms with Crippen LogP contribution in [-0.2, 0) is 6.42 Å². The van der Waals surface area contributed by atoms with Gasteiger partial charge in [0.25, 0.3) is 0 Å². The van der Waals surface area contributed by atoms with Crippen molar-refractivity contribution in [3.05, 3.63) is 35.6 Å². The Balaban J connectivity index is 0.00000128. The van der Waals surface area contributed by atoms with Crippen LogP contribution >= 0.6 is 12.4 Å². The molecule has 0 saturated heterocycles. The second-order valence-corrected chi connectivity index (χ2v) is 4.59. The minimum atomic E-state index is -0.546. The van der Waals surface area contributed by atoms with Gasteiger partial charge in [-0.05, 0) is 30.5 Å². The molecule has 0 aliphatic heterocycles. The van der Waals surface area contributed by atoms with Crippen molar-refractivity contribution in [2.45, 2.75) is 44.1 Å². The molecule has 0 bridgehead atoms. The van der Waals surface area contributed by atoms with Gasteiger partial charge < -0.3 is 5.11 Å². The predicted molar refractivity (Wildman–Crippen MR) is 65.4 cm³/mol. The van der Waals surface area contributed by atoms with E-state index < -0.39 is 5.60 Å². The third-order valence-electron chi connectivity index (χ3n) is 3.23. The van der Waals surface area contributed by atoms with Crippen molar-refractivity contribution in [2.24, 2.45) is 0 Å². The Labute approximate surface area is 102 Å². The summed E-state index contributed by atoms with van der Waals surface area (Å²) in [7, 11) is 0. The molecule has 1 aromatic carbocycles. The van der Waals surface area contributed by atoms with E-state index in [-0.39, 0.29) is 18.2 Å². The molecule has 2 rings (SSSR count). The van der Waals surface area contributed by atoms with E-state index in [2.05, 4.69) is 0 Å². The van der Waals surface area contributed by atoms with Crippen molar-refractivity contribution in [1.82, 2.24) is 0 Å². The fourth-order valence-corrected chi connectivity index (χ4v) is 2.37. The molecule has 3 heteroatoms. The quantitative estimate of drug-likeness (QED) is 0.845. The van der Waals surface area contributed by atoms with Crippen molar-refractivity contribution in [3.63, 3.8) is 0 Å². The van der Waals surface area contributed by atoms with Crippen LogP contribution in [0.4, 0.5) is 4.39 Å². The van der Waals surface area contributed by atoms with Gasteiger partial charge in [0, 0.05) is 6.42 Å². The first-order valence-electron chi connectivity index (χ1n) is 5.65. The molecule has 0 radical (unpaired) electrons. The predicted octanol–water partition coefficient (Wildman–Crippen LogP) is 3.49. The summed E-state index contributed by atoms with van der Waals surface area (Å²) in [5, 5.41) is 10.3. The van der Waals surface area contributed by atoms with Gasteiger partial charge in [-0.2, -0.15) is 0 Å². The van der Waals surface area contributed by atoms with Crippen molar-refractivity contribution < 1.29 is 9.50 Å². The minimum Gasteiger partial charge on any atom is -0.390 e. The van der Waals surface area contributed by atoms with Crippen LogP contribution in [0.15, 0.2) is 24.3 Å². The molecule has 0 atom stereocenters. The molecule has 1 aromatic rings. The Bertz CT molecular complexity index is 317. The van der Waals surface area contributed by atoms with E-state index in [1.54, 1.807) is 12.1 Å². The molecular formula is C13H18ClFO. The molecule has 0 aromatic heterocycles. The van der Waals surface area contributed by atoms with Crippen LogP contribution in [0, 0.1) is 5.82 Å². The first-order chi connectivity index (χ1) is 7.18. The molecule has 1 nitrogen and oxygen atoms in total. The second-order valence-electron chi connectivity index (χ2n) is 4.59. The Morgan fingerprint density at radius 2 is 1.62 bits per heavy atom. The van der Waals surface area contributed by atoms with Gasteiger partial charge in [0.15, 0.2) is 0 Å². The third kappa shape index (κ3) is 3.46. The lowest BCUT2D eigenvalue weighted by molar-refractivity contribution is 0.00448. The van der Waals surface area contributed by atoms with Crippen LogP contribution < -0.4 is 0 Å². The summed E-state index contributed by atoms with van der Waals surface area (Å²) in [5.74, 6) is -0.214. The molecule has 0 heterocycles. The number of halogens is 2. The van der Waals surface area contributed by atoms with E-state index in [0.717, 1.165) is 31.2 Å². The Morgan fingerprint density at radius 1 is 1.06 bits per heavy atom. The van der Waals surface area contributed by atoms with Crippen molar-refractivity contribution in [2.75, 3.05) is 0 Å². The number of hydrogen-bond acceptors (Lipinski definition) is 1. The van der Waals surface area contributed by atoms with Crippen LogP contribution in [0.3, 0.4) is 0 Å². The number of rotatable bonds is 2. The minimum absolute atomic E-state index is 0. The summed E-state index contributed by atoms with van der Waals surface area (Å²) in [4.78, 5) is 0. The summed E-state index contributed by atoms with van der Waals surface area (Å²) < 4.78 is 12.7. The maximum atomic E-state index is 12.7. The number of hydrogen-bond donors (Lipinski definition) is 1. The molecule has 1 saturated carbocycles. The van der Waals surface area contributed by atoms with E-state index in [4.69, 9.17) is 0 Å². The van der Waals surface area contributed by atoms with E-state index >= 15 is 0 Å². The van der Waals surface area contributed by atoms with Crippen LogP contribution in [0.1, 0.15) is 37.7 Å². The van der Waals surface area contributed by atoms with Crippen LogP contribution in [0.5, 0.6) is 0 Å². The molecule has 1 aliphatic carbocycles. The van der Waals surface area contributed by atoms with Gasteiger partial charge in [-0.15, -0.1) is 12.4 Å². The molecule has 1 fully saturated rings. The zero-order valence-electron chi connectivity index (χ0n) is 9.29. The summed E-state index contributed by atoms with van der Waals surface area (Å²) in [5.41, 5.74) is 0.483. The van der Waals surface area contributed by atoms with E-state index in [0.29, 0.717) is 6.42 Å². The lowest BCUT2D eigenvalue weighted by Crippen LogP contribution is -2.33. The van der Waals surface area contributed by atoms with Gasteiger partial charge in [0.1, 0.15) is 5.82 Å². The molecule has 16 heavy (non-hydrogen) atoms. The fourth-order valence-electron chi connectivity index (χ4n) is 2.37. The topological polar surface area (TPSA) is 20.2 Å². The molecule has 0 spiro atoms. The zero-order chi connectivity index (χ0) is 10.7.